The highest BCUT2D eigenvalue weighted by Crippen LogP contribution is 2.75. The lowest BCUT2D eigenvalue weighted by Gasteiger charge is -2.70. The molecule has 0 heterocycles. The lowest BCUT2D eigenvalue weighted by atomic mass is 9.33. The number of esters is 2. The van der Waals surface area contributed by atoms with Crippen molar-refractivity contribution in [3.05, 3.63) is 11.6 Å². The average Bonchev–Trinajstić information content (AvgIpc) is 2.95. The Balaban J connectivity index is 1.49. The lowest BCUT2D eigenvalue weighted by molar-refractivity contribution is -0.210. The molecule has 258 valence electrons. The summed E-state index contributed by atoms with van der Waals surface area (Å²) >= 11 is 0. The van der Waals surface area contributed by atoms with Crippen molar-refractivity contribution in [2.75, 3.05) is 7.11 Å². The minimum atomic E-state index is -0.662. The molecule has 0 saturated heterocycles. The fraction of sp³-hybridized carbons (Fsp3) is 0.846. The summed E-state index contributed by atoms with van der Waals surface area (Å²) in [6.07, 6.45) is 10.6. The van der Waals surface area contributed by atoms with Crippen LogP contribution >= 0.6 is 0 Å². The molecule has 0 aromatic rings. The highest BCUT2D eigenvalue weighted by molar-refractivity contribution is 5.96. The summed E-state index contributed by atoms with van der Waals surface area (Å²) in [5.74, 6) is 0.100. The van der Waals surface area contributed by atoms with Crippen LogP contribution in [0.5, 0.6) is 0 Å². The Morgan fingerprint density at radius 3 is 2.20 bits per heavy atom. The molecule has 7 heteroatoms. The summed E-state index contributed by atoms with van der Waals surface area (Å²) in [7, 11) is 1.37. The van der Waals surface area contributed by atoms with Gasteiger partial charge in [-0.15, -0.1) is 0 Å². The van der Waals surface area contributed by atoms with Crippen molar-refractivity contribution in [3.8, 4) is 0 Å². The molecule has 7 nitrogen and oxygen atoms in total. The third kappa shape index (κ3) is 5.19. The van der Waals surface area contributed by atoms with Gasteiger partial charge in [0.2, 0.25) is 5.91 Å². The van der Waals surface area contributed by atoms with Gasteiger partial charge in [0, 0.05) is 23.7 Å². The van der Waals surface area contributed by atoms with Gasteiger partial charge in [-0.2, -0.15) is 0 Å². The zero-order valence-corrected chi connectivity index (χ0v) is 30.6. The van der Waals surface area contributed by atoms with Crippen molar-refractivity contribution in [2.24, 2.45) is 56.2 Å². The van der Waals surface area contributed by atoms with E-state index < -0.39 is 17.4 Å². The predicted molar refractivity (Wildman–Crippen MR) is 178 cm³/mol. The molecule has 0 aromatic heterocycles. The monoisotopic (exact) mass is 639 g/mol. The molecular formula is C39H61NO6. The Labute approximate surface area is 277 Å². The van der Waals surface area contributed by atoms with Gasteiger partial charge >= 0.3 is 11.9 Å². The van der Waals surface area contributed by atoms with Crippen LogP contribution in [0.15, 0.2) is 11.6 Å². The molecule has 0 radical (unpaired) electrons. The maximum absolute atomic E-state index is 14.7. The standard InChI is InChI=1S/C39H61NO6/c1-23(2)20-27(32(43)45-11)40-33(44)36(7)17-16-35(6)18-19-38(9)25(26(35)22-36)21-28(42)31-37(8)14-13-30(46-24(3)41)34(4,5)29(37)12-15-39(31,38)10/h21,23,26-27,29-31H,12-20,22H2,1-11H3,(H,40,44)/t26-,27+,29+,30+,31-,35-,36+,37+,38-,39-/m1/s1. The fourth-order valence-electron chi connectivity index (χ4n) is 11.9. The first kappa shape index (κ1) is 35.1. The molecule has 0 unspecified atom stereocenters. The number of carbonyl (C=O) groups is 4. The van der Waals surface area contributed by atoms with Crippen molar-refractivity contribution >= 4 is 23.6 Å². The summed E-state index contributed by atoms with van der Waals surface area (Å²) in [6.45, 7) is 21.7. The summed E-state index contributed by atoms with van der Waals surface area (Å²) in [6, 6.07) is -0.662. The Bertz CT molecular complexity index is 1320. The molecule has 0 spiro atoms. The van der Waals surface area contributed by atoms with Crippen molar-refractivity contribution < 1.29 is 28.7 Å². The number of hydrogen-bond donors (Lipinski definition) is 1. The second-order valence-corrected chi connectivity index (χ2v) is 18.4. The van der Waals surface area contributed by atoms with E-state index >= 15 is 0 Å². The number of nitrogens with one attached hydrogen (secondary N) is 1. The Morgan fingerprint density at radius 1 is 0.935 bits per heavy atom. The molecule has 5 aliphatic carbocycles. The van der Waals surface area contributed by atoms with Gasteiger partial charge in [-0.25, -0.2) is 4.79 Å². The van der Waals surface area contributed by atoms with Crippen LogP contribution in [0, 0.1) is 56.2 Å². The van der Waals surface area contributed by atoms with E-state index in [9.17, 15) is 19.2 Å². The second-order valence-electron chi connectivity index (χ2n) is 18.4. The van der Waals surface area contributed by atoms with Gasteiger partial charge in [0.05, 0.1) is 7.11 Å². The van der Waals surface area contributed by atoms with Gasteiger partial charge in [0.25, 0.3) is 0 Å². The minimum absolute atomic E-state index is 0.0273. The number of amides is 1. The molecule has 4 saturated carbocycles. The number of carbonyl (C=O) groups excluding carboxylic acids is 4. The van der Waals surface area contributed by atoms with Crippen molar-refractivity contribution in [3.63, 3.8) is 0 Å². The number of ether oxygens (including phenoxy) is 2. The second kappa shape index (κ2) is 11.5. The van der Waals surface area contributed by atoms with Crippen LogP contribution in [0.2, 0.25) is 0 Å². The first-order chi connectivity index (χ1) is 21.2. The van der Waals surface area contributed by atoms with E-state index in [0.717, 1.165) is 51.4 Å². The smallest absolute Gasteiger partial charge is 0.328 e. The number of allylic oxidation sites excluding steroid dienone is 2. The molecule has 4 fully saturated rings. The largest absolute Gasteiger partial charge is 0.467 e. The van der Waals surface area contributed by atoms with E-state index in [0.29, 0.717) is 12.8 Å². The van der Waals surface area contributed by atoms with Gasteiger partial charge in [0.15, 0.2) is 5.78 Å². The van der Waals surface area contributed by atoms with Crippen molar-refractivity contribution in [2.45, 2.75) is 146 Å². The van der Waals surface area contributed by atoms with Gasteiger partial charge < -0.3 is 14.8 Å². The Morgan fingerprint density at radius 2 is 1.59 bits per heavy atom. The SMILES string of the molecule is COC(=O)[C@H](CC(C)C)NC(=O)[C@@]1(C)CC[C@]2(C)CC[C@]3(C)C(=CC(=O)[C@@H]4[C@@]5(C)CC[C@H](OC(C)=O)C(C)(C)[C@@H]5CC[C@]43C)[C@H]2C1. The molecule has 10 atom stereocenters. The third-order valence-corrected chi connectivity index (χ3v) is 14.9. The molecular weight excluding hydrogens is 578 g/mol. The highest BCUT2D eigenvalue weighted by Gasteiger charge is 2.70. The summed E-state index contributed by atoms with van der Waals surface area (Å²) in [5.41, 5.74) is -0.0979. The van der Waals surface area contributed by atoms with E-state index in [1.54, 1.807) is 0 Å². The third-order valence-electron chi connectivity index (χ3n) is 14.9. The first-order valence-electron chi connectivity index (χ1n) is 18.0. The first-order valence-corrected chi connectivity index (χ1v) is 18.0. The maximum atomic E-state index is 14.7. The quantitative estimate of drug-likeness (QED) is 0.301. The van der Waals surface area contributed by atoms with E-state index in [2.05, 4.69) is 53.8 Å². The van der Waals surface area contributed by atoms with Crippen LogP contribution in [0.25, 0.3) is 0 Å². The number of ketones is 1. The summed E-state index contributed by atoms with van der Waals surface area (Å²) in [4.78, 5) is 53.3. The topological polar surface area (TPSA) is 98.8 Å². The van der Waals surface area contributed by atoms with Crippen LogP contribution in [-0.2, 0) is 28.7 Å². The number of rotatable bonds is 6. The van der Waals surface area contributed by atoms with Crippen molar-refractivity contribution in [1.29, 1.82) is 0 Å². The van der Waals surface area contributed by atoms with Gasteiger partial charge in [-0.1, -0.05) is 67.9 Å². The molecule has 0 bridgehead atoms. The summed E-state index contributed by atoms with van der Waals surface area (Å²) < 4.78 is 10.9. The zero-order chi connectivity index (χ0) is 34.3. The van der Waals surface area contributed by atoms with E-state index in [1.165, 1.54) is 19.6 Å². The minimum Gasteiger partial charge on any atom is -0.467 e. The number of methoxy groups -OCH3 is 1. The van der Waals surface area contributed by atoms with Crippen LogP contribution < -0.4 is 5.32 Å². The number of fused-ring (bicyclic) bond motifs is 7. The predicted octanol–water partition coefficient (Wildman–Crippen LogP) is 7.60. The maximum Gasteiger partial charge on any atom is 0.328 e. The molecule has 5 aliphatic rings. The molecule has 0 aliphatic heterocycles. The van der Waals surface area contributed by atoms with Crippen molar-refractivity contribution in [1.82, 2.24) is 5.32 Å². The van der Waals surface area contributed by atoms with E-state index in [-0.39, 0.29) is 74.5 Å². The van der Waals surface area contributed by atoms with Gasteiger partial charge in [0.1, 0.15) is 12.1 Å². The van der Waals surface area contributed by atoms with Gasteiger partial charge in [-0.05, 0) is 110 Å². The average molecular weight is 640 g/mol. The molecule has 1 amide bonds. The van der Waals surface area contributed by atoms with Crippen LogP contribution in [0.3, 0.4) is 0 Å². The van der Waals surface area contributed by atoms with Crippen LogP contribution in [0.1, 0.15) is 133 Å². The van der Waals surface area contributed by atoms with Gasteiger partial charge in [-0.3, -0.25) is 14.4 Å². The summed E-state index contributed by atoms with van der Waals surface area (Å²) in [5, 5.41) is 3.09. The number of hydrogen-bond acceptors (Lipinski definition) is 6. The Kier molecular flexibility index (Phi) is 8.76. The molecule has 0 aromatic carbocycles. The molecule has 5 rings (SSSR count). The Hall–Kier alpha value is -2.18. The molecule has 46 heavy (non-hydrogen) atoms. The zero-order valence-electron chi connectivity index (χ0n) is 30.6. The highest BCUT2D eigenvalue weighted by atomic mass is 16.5. The molecule has 1 N–H and O–H groups in total. The van der Waals surface area contributed by atoms with Crippen LogP contribution in [-0.4, -0.2) is 42.9 Å². The lowest BCUT2D eigenvalue weighted by Crippen LogP contribution is -2.67. The van der Waals surface area contributed by atoms with Crippen LogP contribution in [0.4, 0.5) is 0 Å². The fourth-order valence-corrected chi connectivity index (χ4v) is 11.9. The van der Waals surface area contributed by atoms with E-state index in [4.69, 9.17) is 9.47 Å². The van der Waals surface area contributed by atoms with E-state index in [1.807, 2.05) is 19.9 Å². The normalized spacial score (nSPS) is 43.6.